The number of halogens is 2. The van der Waals surface area contributed by atoms with E-state index < -0.39 is 0 Å². The van der Waals surface area contributed by atoms with Gasteiger partial charge in [-0.3, -0.25) is 0 Å². The van der Waals surface area contributed by atoms with Gasteiger partial charge in [-0.1, -0.05) is 41.4 Å². The number of tetrazole rings is 1. The second-order valence-electron chi connectivity index (χ2n) is 6.51. The summed E-state index contributed by atoms with van der Waals surface area (Å²) in [6, 6.07) is 12.9. The van der Waals surface area contributed by atoms with Gasteiger partial charge in [-0.05, 0) is 47.2 Å². The van der Waals surface area contributed by atoms with Gasteiger partial charge in [0.1, 0.15) is 18.2 Å². The first kappa shape index (κ1) is 20.1. The lowest BCUT2D eigenvalue weighted by Crippen LogP contribution is -2.20. The lowest BCUT2D eigenvalue weighted by atomic mass is 10.1. The molecule has 1 unspecified atom stereocenters. The van der Waals surface area contributed by atoms with E-state index in [1.807, 2.05) is 37.3 Å². The summed E-state index contributed by atoms with van der Waals surface area (Å²) in [5.41, 5.74) is 2.45. The van der Waals surface area contributed by atoms with Crippen molar-refractivity contribution in [2.24, 2.45) is 0 Å². The van der Waals surface area contributed by atoms with Gasteiger partial charge in [0, 0.05) is 18.0 Å². The van der Waals surface area contributed by atoms with Gasteiger partial charge in [-0.15, -0.1) is 5.10 Å². The Balaban J connectivity index is 1.48. The number of rotatable bonds is 7. The van der Waals surface area contributed by atoms with Crippen LogP contribution in [-0.2, 0) is 6.54 Å². The first-order valence-corrected chi connectivity index (χ1v) is 9.85. The van der Waals surface area contributed by atoms with E-state index in [1.165, 1.54) is 6.33 Å². The maximum absolute atomic E-state index is 6.31. The van der Waals surface area contributed by atoms with Crippen molar-refractivity contribution in [1.82, 2.24) is 30.2 Å². The van der Waals surface area contributed by atoms with Crippen LogP contribution in [0.3, 0.4) is 0 Å². The van der Waals surface area contributed by atoms with Gasteiger partial charge in [0.2, 0.25) is 5.95 Å². The van der Waals surface area contributed by atoms with Crippen LogP contribution in [0.1, 0.15) is 6.92 Å². The van der Waals surface area contributed by atoms with Crippen molar-refractivity contribution in [2.45, 2.75) is 19.6 Å². The normalized spacial score (nSPS) is 11.8. The highest BCUT2D eigenvalue weighted by Crippen LogP contribution is 2.31. The fourth-order valence-electron chi connectivity index (χ4n) is 2.78. The summed E-state index contributed by atoms with van der Waals surface area (Å²) >= 11 is 12.5. The smallest absolute Gasteiger partial charge is 0.227 e. The van der Waals surface area contributed by atoms with E-state index >= 15 is 0 Å². The van der Waals surface area contributed by atoms with E-state index in [4.69, 9.17) is 27.9 Å². The summed E-state index contributed by atoms with van der Waals surface area (Å²) in [6.45, 7) is 2.42. The Morgan fingerprint density at radius 2 is 1.83 bits per heavy atom. The first-order valence-electron chi connectivity index (χ1n) is 9.09. The van der Waals surface area contributed by atoms with Crippen molar-refractivity contribution in [3.05, 3.63) is 71.2 Å². The fourth-order valence-corrected chi connectivity index (χ4v) is 3.12. The SMILES string of the molecule is CC(Cn1cnnn1)Oc1cc(-c2cnc(Nc3ccccc3Cl)nc2)ccc1Cl. The van der Waals surface area contributed by atoms with Gasteiger partial charge in [0.15, 0.2) is 0 Å². The Bertz CT molecular complexity index is 1120. The third-order valence-electron chi connectivity index (χ3n) is 4.20. The van der Waals surface area contributed by atoms with Gasteiger partial charge < -0.3 is 10.1 Å². The number of para-hydroxylation sites is 1. The minimum atomic E-state index is -0.181. The number of hydrogen-bond donors (Lipinski definition) is 1. The molecule has 4 rings (SSSR count). The zero-order valence-corrected chi connectivity index (χ0v) is 17.4. The number of hydrogen-bond acceptors (Lipinski definition) is 7. The molecule has 1 atom stereocenters. The second kappa shape index (κ2) is 9.06. The highest BCUT2D eigenvalue weighted by molar-refractivity contribution is 6.33. The van der Waals surface area contributed by atoms with E-state index in [9.17, 15) is 0 Å². The van der Waals surface area contributed by atoms with E-state index in [0.717, 1.165) is 16.8 Å². The van der Waals surface area contributed by atoms with Crippen LogP contribution >= 0.6 is 23.2 Å². The van der Waals surface area contributed by atoms with Crippen LogP contribution in [0, 0.1) is 0 Å². The topological polar surface area (TPSA) is 90.6 Å². The first-order chi connectivity index (χ1) is 14.6. The molecule has 0 saturated heterocycles. The third kappa shape index (κ3) is 4.84. The largest absolute Gasteiger partial charge is 0.487 e. The number of anilines is 2. The molecule has 0 fully saturated rings. The monoisotopic (exact) mass is 441 g/mol. The maximum Gasteiger partial charge on any atom is 0.227 e. The Labute approximate surface area is 182 Å². The molecular weight excluding hydrogens is 425 g/mol. The number of aromatic nitrogens is 6. The summed E-state index contributed by atoms with van der Waals surface area (Å²) < 4.78 is 7.58. The highest BCUT2D eigenvalue weighted by Gasteiger charge is 2.11. The second-order valence-corrected chi connectivity index (χ2v) is 7.32. The third-order valence-corrected chi connectivity index (χ3v) is 4.84. The fraction of sp³-hybridized carbons (Fsp3) is 0.150. The molecule has 10 heteroatoms. The summed E-state index contributed by atoms with van der Waals surface area (Å²) in [5, 5.41) is 15.3. The summed E-state index contributed by atoms with van der Waals surface area (Å²) in [5.74, 6) is 1.01. The molecule has 30 heavy (non-hydrogen) atoms. The van der Waals surface area contributed by atoms with Crippen LogP contribution < -0.4 is 10.1 Å². The average Bonchev–Trinajstić information content (AvgIpc) is 3.25. The lowest BCUT2D eigenvalue weighted by molar-refractivity contribution is 0.193. The molecule has 0 amide bonds. The molecule has 0 bridgehead atoms. The zero-order valence-electron chi connectivity index (χ0n) is 15.9. The molecule has 0 aliphatic carbocycles. The minimum Gasteiger partial charge on any atom is -0.487 e. The van der Waals surface area contributed by atoms with Gasteiger partial charge in [-0.25, -0.2) is 14.6 Å². The number of nitrogens with zero attached hydrogens (tertiary/aromatic N) is 6. The minimum absolute atomic E-state index is 0.181. The van der Waals surface area contributed by atoms with Gasteiger partial charge in [0.05, 0.1) is 22.3 Å². The average molecular weight is 442 g/mol. The van der Waals surface area contributed by atoms with Crippen LogP contribution in [0.2, 0.25) is 10.0 Å². The molecule has 1 N–H and O–H groups in total. The van der Waals surface area contributed by atoms with Crippen LogP contribution in [-0.4, -0.2) is 36.3 Å². The molecule has 0 saturated carbocycles. The van der Waals surface area contributed by atoms with E-state index in [-0.39, 0.29) is 6.10 Å². The molecule has 2 aromatic heterocycles. The molecular formula is C20H17Cl2N7O. The Kier molecular flexibility index (Phi) is 6.06. The Hall–Kier alpha value is -3.23. The maximum atomic E-state index is 6.31. The molecule has 2 heterocycles. The van der Waals surface area contributed by atoms with E-state index in [2.05, 4.69) is 30.8 Å². The van der Waals surface area contributed by atoms with E-state index in [1.54, 1.807) is 29.2 Å². The quantitative estimate of drug-likeness (QED) is 0.446. The van der Waals surface area contributed by atoms with Crippen LogP contribution in [0.4, 0.5) is 11.6 Å². The Morgan fingerprint density at radius 3 is 2.57 bits per heavy atom. The van der Waals surface area contributed by atoms with Crippen molar-refractivity contribution in [2.75, 3.05) is 5.32 Å². The molecule has 0 radical (unpaired) electrons. The molecule has 0 aliphatic heterocycles. The summed E-state index contributed by atoms with van der Waals surface area (Å²) in [7, 11) is 0. The molecule has 4 aromatic rings. The van der Waals surface area contributed by atoms with Crippen molar-refractivity contribution in [1.29, 1.82) is 0 Å². The molecule has 0 aliphatic rings. The van der Waals surface area contributed by atoms with Crippen LogP contribution in [0.5, 0.6) is 5.75 Å². The number of ether oxygens (including phenoxy) is 1. The number of nitrogens with one attached hydrogen (secondary N) is 1. The molecule has 2 aromatic carbocycles. The molecule has 152 valence electrons. The van der Waals surface area contributed by atoms with Crippen molar-refractivity contribution < 1.29 is 4.74 Å². The van der Waals surface area contributed by atoms with E-state index in [0.29, 0.717) is 28.3 Å². The Morgan fingerprint density at radius 1 is 1.03 bits per heavy atom. The van der Waals surface area contributed by atoms with Gasteiger partial charge in [-0.2, -0.15) is 0 Å². The van der Waals surface area contributed by atoms with Crippen molar-refractivity contribution in [3.8, 4) is 16.9 Å². The lowest BCUT2D eigenvalue weighted by Gasteiger charge is -2.16. The molecule has 0 spiro atoms. The van der Waals surface area contributed by atoms with Crippen molar-refractivity contribution in [3.63, 3.8) is 0 Å². The summed E-state index contributed by atoms with van der Waals surface area (Å²) in [4.78, 5) is 8.75. The zero-order chi connectivity index (χ0) is 20.9. The van der Waals surface area contributed by atoms with Gasteiger partial charge in [0.25, 0.3) is 0 Å². The van der Waals surface area contributed by atoms with Crippen LogP contribution in [0.15, 0.2) is 61.2 Å². The van der Waals surface area contributed by atoms with Gasteiger partial charge >= 0.3 is 0 Å². The van der Waals surface area contributed by atoms with Crippen LogP contribution in [0.25, 0.3) is 11.1 Å². The summed E-state index contributed by atoms with van der Waals surface area (Å²) in [6.07, 6.45) is 4.81. The van der Waals surface area contributed by atoms with Crippen molar-refractivity contribution >= 4 is 34.8 Å². The molecule has 8 nitrogen and oxygen atoms in total. The predicted molar refractivity (Wildman–Crippen MR) is 115 cm³/mol. The predicted octanol–water partition coefficient (Wildman–Crippen LogP) is 4.65. The standard InChI is InChI=1S/C20H17Cl2N7O/c1-13(11-29-12-25-27-28-29)30-19-8-14(6-7-17(19)22)15-9-23-20(24-10-15)26-18-5-3-2-4-16(18)21/h2-10,12-13H,11H2,1H3,(H,23,24,26). The number of benzene rings is 2. The highest BCUT2D eigenvalue weighted by atomic mass is 35.5.